The van der Waals surface area contributed by atoms with Crippen LogP contribution in [0.1, 0.15) is 22.7 Å². The summed E-state index contributed by atoms with van der Waals surface area (Å²) in [6.07, 6.45) is 3.43. The van der Waals surface area contributed by atoms with E-state index in [1.807, 2.05) is 36.4 Å². The van der Waals surface area contributed by atoms with E-state index in [1.165, 1.54) is 4.31 Å². The Morgan fingerprint density at radius 2 is 1.65 bits per heavy atom. The van der Waals surface area contributed by atoms with E-state index in [4.69, 9.17) is 11.6 Å². The zero-order valence-corrected chi connectivity index (χ0v) is 17.9. The second kappa shape index (κ2) is 9.50. The number of rotatable bonds is 7. The first-order valence-corrected chi connectivity index (χ1v) is 11.0. The number of hydrogen-bond acceptors (Lipinski definition) is 4. The molecule has 0 N–H and O–H groups in total. The second-order valence-electron chi connectivity index (χ2n) is 7.41. The molecule has 1 aliphatic rings. The van der Waals surface area contributed by atoms with Crippen LogP contribution in [0.5, 0.6) is 0 Å². The topological polar surface area (TPSA) is 59.5 Å². The van der Waals surface area contributed by atoms with Crippen LogP contribution in [0.4, 0.5) is 8.78 Å². The fraction of sp³-hybridized carbons (Fsp3) is 0.227. The van der Waals surface area contributed by atoms with Crippen molar-refractivity contribution in [2.24, 2.45) is 0 Å². The molecule has 5 nitrogen and oxygen atoms in total. The van der Waals surface area contributed by atoms with Gasteiger partial charge >= 0.3 is 0 Å². The van der Waals surface area contributed by atoms with Crippen molar-refractivity contribution in [1.82, 2.24) is 14.2 Å². The van der Waals surface area contributed by atoms with Gasteiger partial charge in [0.2, 0.25) is 0 Å². The quantitative estimate of drug-likeness (QED) is 0.496. The Kier molecular flexibility index (Phi) is 6.74. The molecule has 2 atom stereocenters. The smallest absolute Gasteiger partial charge is 0.126 e. The van der Waals surface area contributed by atoms with Gasteiger partial charge in [-0.25, -0.2) is 13.1 Å². The number of hydrogen-bond donors (Lipinski definition) is 0. The number of likely N-dealkylation sites (tertiary alicyclic amines) is 1. The van der Waals surface area contributed by atoms with Crippen molar-refractivity contribution in [2.45, 2.75) is 18.6 Å². The monoisotopic (exact) mass is 462 g/mol. The number of nitrogens with zero attached hydrogens (tertiary/aromatic N) is 3. The molecule has 2 aromatic carbocycles. The highest BCUT2D eigenvalue weighted by Crippen LogP contribution is 2.34. The van der Waals surface area contributed by atoms with Gasteiger partial charge in [0.05, 0.1) is 6.04 Å². The minimum absolute atomic E-state index is 0.0925. The van der Waals surface area contributed by atoms with Crippen LogP contribution in [0.2, 0.25) is 5.02 Å². The highest BCUT2D eigenvalue weighted by molar-refractivity contribution is 7.76. The van der Waals surface area contributed by atoms with E-state index in [0.717, 1.165) is 29.3 Å². The summed E-state index contributed by atoms with van der Waals surface area (Å²) >= 11 is 3.50. The molecule has 1 aliphatic heterocycles. The lowest BCUT2D eigenvalue weighted by molar-refractivity contribution is 0.0493. The minimum atomic E-state index is -2.53. The molecule has 0 spiro atoms. The second-order valence-corrected chi connectivity index (χ2v) is 8.75. The largest absolute Gasteiger partial charge is 0.760 e. The first-order valence-electron chi connectivity index (χ1n) is 9.61. The van der Waals surface area contributed by atoms with Crippen molar-refractivity contribution in [3.63, 3.8) is 0 Å². The van der Waals surface area contributed by atoms with Gasteiger partial charge < -0.3 is 4.55 Å². The van der Waals surface area contributed by atoms with Gasteiger partial charge in [-0.15, -0.1) is 0 Å². The van der Waals surface area contributed by atoms with Crippen molar-refractivity contribution in [2.75, 3.05) is 13.1 Å². The van der Waals surface area contributed by atoms with E-state index >= 15 is 0 Å². The normalized spacial score (nSPS) is 16.8. The van der Waals surface area contributed by atoms with Crippen LogP contribution in [-0.4, -0.2) is 42.1 Å². The maximum atomic E-state index is 13.5. The van der Waals surface area contributed by atoms with Crippen LogP contribution in [0.3, 0.4) is 0 Å². The summed E-state index contributed by atoms with van der Waals surface area (Å²) in [4.78, 5) is 6.22. The Morgan fingerprint density at radius 3 is 2.23 bits per heavy atom. The number of halogens is 3. The molecule has 0 bridgehead atoms. The summed E-state index contributed by atoms with van der Waals surface area (Å²) in [6, 6.07) is 14.0. The molecular formula is C22H19ClF2N3O2S-. The lowest BCUT2D eigenvalue weighted by Gasteiger charge is -2.49. The zero-order chi connectivity index (χ0) is 22.0. The number of benzene rings is 2. The van der Waals surface area contributed by atoms with Crippen LogP contribution in [0, 0.1) is 11.6 Å². The van der Waals surface area contributed by atoms with Crippen LogP contribution in [0.15, 0.2) is 67.0 Å². The van der Waals surface area contributed by atoms with E-state index in [-0.39, 0.29) is 24.2 Å². The zero-order valence-electron chi connectivity index (χ0n) is 16.3. The molecule has 0 amide bonds. The molecule has 162 valence electrons. The van der Waals surface area contributed by atoms with Gasteiger partial charge in [-0.2, -0.15) is 0 Å². The molecule has 0 radical (unpaired) electrons. The molecule has 2 heterocycles. The predicted octanol–water partition coefficient (Wildman–Crippen LogP) is 4.08. The van der Waals surface area contributed by atoms with Gasteiger partial charge in [0, 0.05) is 60.4 Å². The molecule has 1 unspecified atom stereocenters. The third-order valence-corrected chi connectivity index (χ3v) is 6.38. The van der Waals surface area contributed by atoms with Gasteiger partial charge in [-0.1, -0.05) is 23.7 Å². The minimum Gasteiger partial charge on any atom is -0.760 e. The van der Waals surface area contributed by atoms with Crippen molar-refractivity contribution < 1.29 is 17.5 Å². The van der Waals surface area contributed by atoms with Gasteiger partial charge in [-0.05, 0) is 53.1 Å². The fourth-order valence-corrected chi connectivity index (χ4v) is 4.63. The van der Waals surface area contributed by atoms with Gasteiger partial charge in [0.1, 0.15) is 11.6 Å². The molecule has 4 rings (SSSR count). The highest BCUT2D eigenvalue weighted by atomic mass is 35.5. The van der Waals surface area contributed by atoms with Crippen LogP contribution in [0.25, 0.3) is 0 Å². The van der Waals surface area contributed by atoms with E-state index in [0.29, 0.717) is 18.1 Å². The SMILES string of the molecule is O=S([O-])N(Cc1cc(F)cc(F)c1)C1CN([C@H](c2ccncc2)c2ccc(Cl)cc2)C1. The number of pyridine rings is 1. The fourth-order valence-electron chi connectivity index (χ4n) is 3.87. The molecule has 1 saturated heterocycles. The average Bonchev–Trinajstić information content (AvgIpc) is 2.70. The molecule has 31 heavy (non-hydrogen) atoms. The Balaban J connectivity index is 1.53. The Hall–Kier alpha value is -2.23. The van der Waals surface area contributed by atoms with E-state index in [2.05, 4.69) is 9.88 Å². The predicted molar refractivity (Wildman–Crippen MR) is 114 cm³/mol. The van der Waals surface area contributed by atoms with Gasteiger partial charge in [0.25, 0.3) is 0 Å². The first kappa shape index (κ1) is 22.0. The molecule has 0 saturated carbocycles. The van der Waals surface area contributed by atoms with Gasteiger partial charge in [0.15, 0.2) is 0 Å². The highest BCUT2D eigenvalue weighted by Gasteiger charge is 2.38. The summed E-state index contributed by atoms with van der Waals surface area (Å²) in [6.45, 7) is 0.854. The van der Waals surface area contributed by atoms with Crippen molar-refractivity contribution in [3.8, 4) is 0 Å². The lowest BCUT2D eigenvalue weighted by Crippen LogP contribution is -2.60. The maximum Gasteiger partial charge on any atom is 0.126 e. The Bertz CT molecular complexity index is 1050. The van der Waals surface area contributed by atoms with Crippen LogP contribution >= 0.6 is 11.6 Å². The molecule has 0 aliphatic carbocycles. The molecule has 3 aromatic rings. The summed E-state index contributed by atoms with van der Waals surface area (Å²) in [5.74, 6) is -1.47. The Labute approximate surface area is 186 Å². The third-order valence-electron chi connectivity index (χ3n) is 5.32. The lowest BCUT2D eigenvalue weighted by atomic mass is 9.93. The summed E-state index contributed by atoms with van der Waals surface area (Å²) in [5.41, 5.74) is 2.32. The van der Waals surface area contributed by atoms with Crippen molar-refractivity contribution in [1.29, 1.82) is 0 Å². The summed E-state index contributed by atoms with van der Waals surface area (Å²) in [5, 5.41) is 0.633. The van der Waals surface area contributed by atoms with E-state index in [1.54, 1.807) is 12.4 Å². The number of aromatic nitrogens is 1. The first-order chi connectivity index (χ1) is 14.9. The summed E-state index contributed by atoms with van der Waals surface area (Å²) < 4.78 is 52.0. The average molecular weight is 463 g/mol. The van der Waals surface area contributed by atoms with Crippen molar-refractivity contribution in [3.05, 3.63) is 100 Å². The molecule has 9 heteroatoms. The van der Waals surface area contributed by atoms with Crippen molar-refractivity contribution >= 4 is 22.9 Å². The Morgan fingerprint density at radius 1 is 1.06 bits per heavy atom. The van der Waals surface area contributed by atoms with E-state index < -0.39 is 22.9 Å². The van der Waals surface area contributed by atoms with E-state index in [9.17, 15) is 17.5 Å². The van der Waals surface area contributed by atoms with Crippen LogP contribution in [-0.2, 0) is 17.8 Å². The molecule has 1 fully saturated rings. The third kappa shape index (κ3) is 5.16. The van der Waals surface area contributed by atoms with Gasteiger partial charge in [-0.3, -0.25) is 14.1 Å². The van der Waals surface area contributed by atoms with Crippen LogP contribution < -0.4 is 0 Å². The maximum absolute atomic E-state index is 13.5. The standard InChI is InChI=1S/C22H20ClF2N3O2S/c23-18-3-1-16(2-4-18)22(17-5-7-26-8-6-17)27-13-21(14-27)28(31(29)30)12-15-9-19(24)11-20(25)10-15/h1-11,21-22H,12-14H2,(H,29,30)/p-1/t22-/m0/s1. The molecular weight excluding hydrogens is 444 g/mol. The molecule has 1 aromatic heterocycles. The summed E-state index contributed by atoms with van der Waals surface area (Å²) in [7, 11) is 0.